The molecule has 16 bridgehead atoms. The first-order valence-electron chi connectivity index (χ1n) is 24.0. The molecule has 9 heteroatoms. The van der Waals surface area contributed by atoms with Gasteiger partial charge in [0.05, 0.1) is 91.3 Å². The maximum absolute atomic E-state index is 6.33. The van der Waals surface area contributed by atoms with E-state index in [1.807, 2.05) is 134 Å². The summed E-state index contributed by atoms with van der Waals surface area (Å²) in [4.78, 5) is 39.6. The van der Waals surface area contributed by atoms with E-state index in [2.05, 4.69) is 123 Å². The van der Waals surface area contributed by atoms with Crippen molar-refractivity contribution < 1.29 is 0 Å². The van der Waals surface area contributed by atoms with Gasteiger partial charge in [0.1, 0.15) is 0 Å². The molecule has 0 aliphatic carbocycles. The molecule has 4 aromatic carbocycles. The summed E-state index contributed by atoms with van der Waals surface area (Å²) in [6, 6.07) is 39.0. The molecule has 10 aliphatic heterocycles. The molecule has 14 rings (SSSR count). The standard InChI is InChI=1S/C44H29N5.C20H12N4/c45-32-18-10-17-31(27-32)44-39-25-23-37(48-39)42(29-13-6-2-7-14-29)35-21-19-33(46-35)41(28-11-4-1-5-12-28)34-20-22-36(47-34)43(30-15-8-3-9-16-30)38-24-26-40(44)49-38;1-2-14-10-16-5-6-18(23-16)12-20-8-7-19(24-20)11-17-4-3-15(22-17)9-13(1)21-14/h1-27H,45H2;1-12H. The number of fused-ring (bicyclic) bond motifs is 8. The van der Waals surface area contributed by atoms with Gasteiger partial charge in [0.2, 0.25) is 0 Å². The molecule has 4 aromatic rings. The Morgan fingerprint density at radius 1 is 0.247 bits per heavy atom. The van der Waals surface area contributed by atoms with Crippen LogP contribution in [0, 0.1) is 0 Å². The van der Waals surface area contributed by atoms with Crippen LogP contribution < -0.4 is 5.73 Å². The van der Waals surface area contributed by atoms with E-state index in [-0.39, 0.29) is 0 Å². The Morgan fingerprint density at radius 3 is 0.836 bits per heavy atom. The molecule has 0 fully saturated rings. The number of allylic oxidation sites excluding steroid dienone is 24. The van der Waals surface area contributed by atoms with Gasteiger partial charge in [-0.15, -0.1) is 0 Å². The van der Waals surface area contributed by atoms with Crippen molar-refractivity contribution in [2.75, 3.05) is 5.73 Å². The average Bonchev–Trinajstić information content (AvgIpc) is 4.27. The highest BCUT2D eigenvalue weighted by Gasteiger charge is 2.28. The molecule has 0 unspecified atom stereocenters. The number of nitrogens with zero attached hydrogens (tertiary/aromatic N) is 8. The van der Waals surface area contributed by atoms with Crippen molar-refractivity contribution in [1.29, 1.82) is 0 Å². The van der Waals surface area contributed by atoms with E-state index in [0.29, 0.717) is 5.69 Å². The van der Waals surface area contributed by atoms with Crippen LogP contribution in [0.3, 0.4) is 0 Å². The van der Waals surface area contributed by atoms with Gasteiger partial charge in [-0.1, -0.05) is 103 Å². The molecule has 2 N–H and O–H groups in total. The third kappa shape index (κ3) is 8.68. The van der Waals surface area contributed by atoms with E-state index in [4.69, 9.17) is 25.7 Å². The van der Waals surface area contributed by atoms with E-state index >= 15 is 0 Å². The summed E-state index contributed by atoms with van der Waals surface area (Å²) in [5, 5.41) is 0. The molecule has 0 aromatic heterocycles. The first-order valence-corrected chi connectivity index (χ1v) is 24.0. The lowest BCUT2D eigenvalue weighted by molar-refractivity contribution is 1.41. The number of rotatable bonds is 4. The van der Waals surface area contributed by atoms with Crippen molar-refractivity contribution in [3.05, 3.63) is 305 Å². The molecule has 342 valence electrons. The Bertz CT molecular complexity index is 3710. The quantitative estimate of drug-likeness (QED) is 0.201. The van der Waals surface area contributed by atoms with Gasteiger partial charge in [0.25, 0.3) is 0 Å². The number of hydrogen-bond donors (Lipinski definition) is 1. The molecular formula is C64H41N9. The van der Waals surface area contributed by atoms with Crippen LogP contribution in [0.25, 0.3) is 22.3 Å². The van der Waals surface area contributed by atoms with Crippen LogP contribution in [0.15, 0.2) is 322 Å². The number of nitrogen functional groups attached to an aromatic ring is 1. The van der Waals surface area contributed by atoms with E-state index in [1.54, 1.807) is 0 Å². The topological polar surface area (TPSA) is 125 Å². The molecule has 0 atom stereocenters. The SMILES string of the molecule is C1=CC2=NC1=CC1=NC(=CC3=NC(=CC4=NC(=C2)C=C4)C=C3)C=C1.Nc1cccc(C2=C3C=CC(=N3)C(c3ccccc3)=C3C=CC(=N3)C(c3ccccc3)=C3C=CC(=N3)C(c3ccccc3)=C3C=CC2=N3)c1. The molecule has 73 heavy (non-hydrogen) atoms. The monoisotopic (exact) mass is 935 g/mol. The zero-order valence-corrected chi connectivity index (χ0v) is 39.2. The summed E-state index contributed by atoms with van der Waals surface area (Å²) in [5.74, 6) is 0. The molecule has 10 aliphatic rings. The number of benzene rings is 4. The van der Waals surface area contributed by atoms with E-state index < -0.39 is 0 Å². The van der Waals surface area contributed by atoms with Gasteiger partial charge in [-0.05, 0) is 156 Å². The lowest BCUT2D eigenvalue weighted by Crippen LogP contribution is -2.03. The number of nitrogens with two attached hydrogens (primary N) is 1. The molecule has 0 spiro atoms. The van der Waals surface area contributed by atoms with Gasteiger partial charge < -0.3 is 5.73 Å². The normalized spacial score (nSPS) is 19.3. The van der Waals surface area contributed by atoms with Gasteiger partial charge in [0.15, 0.2) is 0 Å². The van der Waals surface area contributed by atoms with Crippen molar-refractivity contribution in [2.24, 2.45) is 39.9 Å². The second-order valence-corrected chi connectivity index (χ2v) is 17.8. The Kier molecular flexibility index (Phi) is 10.8. The van der Waals surface area contributed by atoms with Crippen molar-refractivity contribution >= 4 is 73.7 Å². The summed E-state index contributed by atoms with van der Waals surface area (Å²) in [7, 11) is 0. The van der Waals surface area contributed by atoms with E-state index in [1.165, 1.54) is 0 Å². The maximum atomic E-state index is 6.33. The van der Waals surface area contributed by atoms with Gasteiger partial charge in [0, 0.05) is 28.0 Å². The lowest BCUT2D eigenvalue weighted by Gasteiger charge is -2.12. The van der Waals surface area contributed by atoms with Gasteiger partial charge in [-0.25, -0.2) is 39.9 Å². The second kappa shape index (κ2) is 18.3. The van der Waals surface area contributed by atoms with Crippen LogP contribution in [0.4, 0.5) is 5.69 Å². The fraction of sp³-hybridized carbons (Fsp3) is 0. The van der Waals surface area contributed by atoms with Crippen molar-refractivity contribution in [3.8, 4) is 0 Å². The maximum Gasteiger partial charge on any atom is 0.0738 e. The molecule has 0 radical (unpaired) electrons. The zero-order chi connectivity index (χ0) is 48.7. The minimum atomic E-state index is 0.677. The summed E-state index contributed by atoms with van der Waals surface area (Å²) in [6.45, 7) is 0. The number of anilines is 1. The van der Waals surface area contributed by atoms with Gasteiger partial charge in [-0.2, -0.15) is 0 Å². The third-order valence-electron chi connectivity index (χ3n) is 12.9. The van der Waals surface area contributed by atoms with Crippen LogP contribution >= 0.6 is 0 Å². The second-order valence-electron chi connectivity index (χ2n) is 17.8. The smallest absolute Gasteiger partial charge is 0.0738 e. The minimum absolute atomic E-state index is 0.677. The van der Waals surface area contributed by atoms with Crippen molar-refractivity contribution in [2.45, 2.75) is 0 Å². The Balaban J connectivity index is 0.000000179. The third-order valence-corrected chi connectivity index (χ3v) is 12.9. The van der Waals surface area contributed by atoms with Crippen LogP contribution in [0.5, 0.6) is 0 Å². The van der Waals surface area contributed by atoms with Crippen LogP contribution in [0.2, 0.25) is 0 Å². The molecular weight excluding hydrogens is 895 g/mol. The summed E-state index contributed by atoms with van der Waals surface area (Å²) in [5.41, 5.74) is 28.7. The zero-order valence-electron chi connectivity index (χ0n) is 39.2. The highest BCUT2D eigenvalue weighted by atomic mass is 14.9. The predicted octanol–water partition coefficient (Wildman–Crippen LogP) is 12.8. The number of aliphatic imine (C=N–C) groups is 8. The van der Waals surface area contributed by atoms with Crippen LogP contribution in [0.1, 0.15) is 22.3 Å². The minimum Gasteiger partial charge on any atom is -0.399 e. The summed E-state index contributed by atoms with van der Waals surface area (Å²) in [6.07, 6.45) is 40.5. The lowest BCUT2D eigenvalue weighted by atomic mass is 9.98. The highest BCUT2D eigenvalue weighted by molar-refractivity contribution is 6.39. The Labute approximate surface area is 422 Å². The molecule has 0 saturated heterocycles. The fourth-order valence-corrected chi connectivity index (χ4v) is 9.61. The predicted molar refractivity (Wildman–Crippen MR) is 303 cm³/mol. The molecule has 10 heterocycles. The molecule has 9 nitrogen and oxygen atoms in total. The van der Waals surface area contributed by atoms with Gasteiger partial charge >= 0.3 is 0 Å². The van der Waals surface area contributed by atoms with Crippen LogP contribution in [-0.2, 0) is 0 Å². The first-order chi connectivity index (χ1) is 36.0. The fourth-order valence-electron chi connectivity index (χ4n) is 9.61. The highest BCUT2D eigenvalue weighted by Crippen LogP contribution is 2.39. The number of hydrogen-bond acceptors (Lipinski definition) is 9. The van der Waals surface area contributed by atoms with E-state index in [0.717, 1.165) is 136 Å². The Morgan fingerprint density at radius 2 is 0.534 bits per heavy atom. The van der Waals surface area contributed by atoms with Gasteiger partial charge in [-0.3, -0.25) is 0 Å². The Hall–Kier alpha value is -10.1. The van der Waals surface area contributed by atoms with Crippen molar-refractivity contribution in [1.82, 2.24) is 0 Å². The molecule has 0 amide bonds. The van der Waals surface area contributed by atoms with E-state index in [9.17, 15) is 0 Å². The largest absolute Gasteiger partial charge is 0.399 e. The molecule has 0 saturated carbocycles. The average molecular weight is 936 g/mol. The first kappa shape index (κ1) is 42.9. The van der Waals surface area contributed by atoms with Crippen molar-refractivity contribution in [3.63, 3.8) is 0 Å². The summed E-state index contributed by atoms with van der Waals surface area (Å²) < 4.78 is 0. The summed E-state index contributed by atoms with van der Waals surface area (Å²) >= 11 is 0. The van der Waals surface area contributed by atoms with Crippen LogP contribution in [-0.4, -0.2) is 45.7 Å².